The number of nitrogens with one attached hydrogen (secondary N) is 1. The van der Waals surface area contributed by atoms with Crippen molar-refractivity contribution in [3.63, 3.8) is 0 Å². The summed E-state index contributed by atoms with van der Waals surface area (Å²) in [5.41, 5.74) is 7.02. The smallest absolute Gasteiger partial charge is 0.241 e. The molecule has 3 N–H and O–H groups in total. The molecule has 5 nitrogen and oxygen atoms in total. The molecule has 0 radical (unpaired) electrons. The molecule has 0 fully saturated rings. The Balaban J connectivity index is 2.64. The van der Waals surface area contributed by atoms with Crippen molar-refractivity contribution in [3.05, 3.63) is 11.9 Å². The molecule has 0 aliphatic carbocycles. The number of anilines is 1. The molecule has 0 saturated carbocycles. The fraction of sp³-hybridized carbons (Fsp3) is 0.500. The number of hydrogen-bond donors (Lipinski definition) is 2. The Bertz CT molecular complexity index is 305. The van der Waals surface area contributed by atoms with Crippen LogP contribution in [0.1, 0.15) is 12.6 Å². The van der Waals surface area contributed by atoms with Gasteiger partial charge in [0.25, 0.3) is 0 Å². The van der Waals surface area contributed by atoms with Gasteiger partial charge in [0.05, 0.1) is 17.6 Å². The van der Waals surface area contributed by atoms with E-state index in [-0.39, 0.29) is 12.5 Å². The van der Waals surface area contributed by atoms with E-state index in [1.165, 1.54) is 0 Å². The van der Waals surface area contributed by atoms with Gasteiger partial charge in [-0.15, -0.1) is 0 Å². The van der Waals surface area contributed by atoms with Crippen molar-refractivity contribution >= 4 is 11.6 Å². The third-order valence-electron chi connectivity index (χ3n) is 1.81. The van der Waals surface area contributed by atoms with Crippen molar-refractivity contribution < 1.29 is 4.79 Å². The highest BCUT2D eigenvalue weighted by molar-refractivity contribution is 5.75. The standard InChI is InChI=1S/C8H14N4O/c1-3-10-8(13)5-12-6(2)7(9)4-11-12/h4H,3,5,9H2,1-2H3,(H,10,13). The zero-order chi connectivity index (χ0) is 9.84. The summed E-state index contributed by atoms with van der Waals surface area (Å²) in [6.45, 7) is 4.58. The van der Waals surface area contributed by atoms with Crippen LogP contribution >= 0.6 is 0 Å². The first-order valence-electron chi connectivity index (χ1n) is 4.19. The SMILES string of the molecule is CCNC(=O)Cn1ncc(N)c1C. The summed E-state index contributed by atoms with van der Waals surface area (Å²) in [4.78, 5) is 11.2. The quantitative estimate of drug-likeness (QED) is 0.686. The zero-order valence-electron chi connectivity index (χ0n) is 7.87. The van der Waals surface area contributed by atoms with Gasteiger partial charge in [-0.25, -0.2) is 0 Å². The lowest BCUT2D eigenvalue weighted by molar-refractivity contribution is -0.121. The minimum Gasteiger partial charge on any atom is -0.396 e. The van der Waals surface area contributed by atoms with Gasteiger partial charge in [-0.05, 0) is 13.8 Å². The van der Waals surface area contributed by atoms with Crippen molar-refractivity contribution in [1.82, 2.24) is 15.1 Å². The molecule has 0 unspecified atom stereocenters. The fourth-order valence-corrected chi connectivity index (χ4v) is 1.01. The monoisotopic (exact) mass is 182 g/mol. The van der Waals surface area contributed by atoms with E-state index in [1.807, 2.05) is 13.8 Å². The van der Waals surface area contributed by atoms with Crippen LogP contribution in [0.4, 0.5) is 5.69 Å². The molecular formula is C8H14N4O. The van der Waals surface area contributed by atoms with Crippen LogP contribution in [0.2, 0.25) is 0 Å². The van der Waals surface area contributed by atoms with Crippen LogP contribution in [0.15, 0.2) is 6.20 Å². The summed E-state index contributed by atoms with van der Waals surface area (Å²) < 4.78 is 1.58. The van der Waals surface area contributed by atoms with Gasteiger partial charge in [-0.3, -0.25) is 9.48 Å². The van der Waals surface area contributed by atoms with E-state index in [1.54, 1.807) is 10.9 Å². The molecule has 1 amide bonds. The number of carbonyl (C=O) groups excluding carboxylic acids is 1. The number of likely N-dealkylation sites (N-methyl/N-ethyl adjacent to an activating group) is 1. The van der Waals surface area contributed by atoms with Gasteiger partial charge in [-0.1, -0.05) is 0 Å². The number of rotatable bonds is 3. The van der Waals surface area contributed by atoms with Crippen LogP contribution < -0.4 is 11.1 Å². The molecule has 0 bridgehead atoms. The lowest BCUT2D eigenvalue weighted by Crippen LogP contribution is -2.27. The number of aromatic nitrogens is 2. The molecule has 72 valence electrons. The second-order valence-corrected chi connectivity index (χ2v) is 2.80. The Labute approximate surface area is 76.9 Å². The van der Waals surface area contributed by atoms with E-state index in [9.17, 15) is 4.79 Å². The first kappa shape index (κ1) is 9.57. The van der Waals surface area contributed by atoms with Crippen molar-refractivity contribution in [2.45, 2.75) is 20.4 Å². The predicted octanol–water partition coefficient (Wildman–Crippen LogP) is -0.0902. The van der Waals surface area contributed by atoms with E-state index in [0.717, 1.165) is 5.69 Å². The zero-order valence-corrected chi connectivity index (χ0v) is 7.87. The number of nitrogens with two attached hydrogens (primary N) is 1. The number of hydrogen-bond acceptors (Lipinski definition) is 3. The molecule has 0 aromatic carbocycles. The summed E-state index contributed by atoms with van der Waals surface area (Å²) in [7, 11) is 0. The van der Waals surface area contributed by atoms with Crippen LogP contribution in [-0.2, 0) is 11.3 Å². The minimum absolute atomic E-state index is 0.0475. The van der Waals surface area contributed by atoms with Crippen LogP contribution in [-0.4, -0.2) is 22.2 Å². The molecule has 13 heavy (non-hydrogen) atoms. The highest BCUT2D eigenvalue weighted by Crippen LogP contribution is 2.07. The lowest BCUT2D eigenvalue weighted by atomic mass is 10.4. The van der Waals surface area contributed by atoms with Gasteiger partial charge in [0.1, 0.15) is 6.54 Å². The molecule has 0 aliphatic rings. The summed E-state index contributed by atoms with van der Waals surface area (Å²) in [5, 5.41) is 6.66. The second kappa shape index (κ2) is 3.93. The maximum atomic E-state index is 11.2. The van der Waals surface area contributed by atoms with E-state index in [2.05, 4.69) is 10.4 Å². The molecule has 1 heterocycles. The summed E-state index contributed by atoms with van der Waals surface area (Å²) >= 11 is 0. The molecular weight excluding hydrogens is 168 g/mol. The fourth-order valence-electron chi connectivity index (χ4n) is 1.01. The summed E-state index contributed by atoms with van der Waals surface area (Å²) in [6.07, 6.45) is 1.55. The predicted molar refractivity (Wildman–Crippen MR) is 50.1 cm³/mol. The van der Waals surface area contributed by atoms with Gasteiger partial charge >= 0.3 is 0 Å². The third kappa shape index (κ3) is 2.21. The van der Waals surface area contributed by atoms with Crippen LogP contribution in [0.5, 0.6) is 0 Å². The molecule has 1 rings (SSSR count). The van der Waals surface area contributed by atoms with Crippen LogP contribution in [0.25, 0.3) is 0 Å². The largest absolute Gasteiger partial charge is 0.396 e. The minimum atomic E-state index is -0.0475. The van der Waals surface area contributed by atoms with Gasteiger partial charge < -0.3 is 11.1 Å². The third-order valence-corrected chi connectivity index (χ3v) is 1.81. The Morgan fingerprint density at radius 1 is 1.77 bits per heavy atom. The molecule has 0 saturated heterocycles. The Morgan fingerprint density at radius 2 is 2.46 bits per heavy atom. The summed E-state index contributed by atoms with van der Waals surface area (Å²) in [6, 6.07) is 0. The normalized spacial score (nSPS) is 10.0. The molecule has 0 atom stereocenters. The average Bonchev–Trinajstić information content (AvgIpc) is 2.37. The van der Waals surface area contributed by atoms with E-state index < -0.39 is 0 Å². The van der Waals surface area contributed by atoms with Gasteiger partial charge in [-0.2, -0.15) is 5.10 Å². The van der Waals surface area contributed by atoms with Gasteiger partial charge in [0, 0.05) is 6.54 Å². The maximum Gasteiger partial charge on any atom is 0.241 e. The highest BCUT2D eigenvalue weighted by Gasteiger charge is 2.06. The maximum absolute atomic E-state index is 11.2. The molecule has 5 heteroatoms. The molecule has 1 aromatic heterocycles. The molecule has 0 spiro atoms. The number of amides is 1. The Hall–Kier alpha value is -1.52. The van der Waals surface area contributed by atoms with E-state index in [0.29, 0.717) is 12.2 Å². The van der Waals surface area contributed by atoms with E-state index >= 15 is 0 Å². The van der Waals surface area contributed by atoms with Crippen LogP contribution in [0.3, 0.4) is 0 Å². The number of nitrogens with zero attached hydrogens (tertiary/aromatic N) is 2. The number of nitrogen functional groups attached to an aromatic ring is 1. The van der Waals surface area contributed by atoms with Crippen molar-refractivity contribution in [2.75, 3.05) is 12.3 Å². The first-order valence-corrected chi connectivity index (χ1v) is 4.19. The van der Waals surface area contributed by atoms with Crippen molar-refractivity contribution in [3.8, 4) is 0 Å². The van der Waals surface area contributed by atoms with Gasteiger partial charge in [0.15, 0.2) is 0 Å². The van der Waals surface area contributed by atoms with Crippen molar-refractivity contribution in [1.29, 1.82) is 0 Å². The Kier molecular flexibility index (Phi) is 2.89. The lowest BCUT2D eigenvalue weighted by Gasteiger charge is -2.04. The highest BCUT2D eigenvalue weighted by atomic mass is 16.2. The first-order chi connectivity index (χ1) is 6.15. The Morgan fingerprint density at radius 3 is 2.92 bits per heavy atom. The molecule has 1 aromatic rings. The number of carbonyl (C=O) groups is 1. The van der Waals surface area contributed by atoms with Gasteiger partial charge in [0.2, 0.25) is 5.91 Å². The van der Waals surface area contributed by atoms with E-state index in [4.69, 9.17) is 5.73 Å². The molecule has 0 aliphatic heterocycles. The van der Waals surface area contributed by atoms with Crippen molar-refractivity contribution in [2.24, 2.45) is 0 Å². The second-order valence-electron chi connectivity index (χ2n) is 2.80. The van der Waals surface area contributed by atoms with Crippen LogP contribution in [0, 0.1) is 6.92 Å². The summed E-state index contributed by atoms with van der Waals surface area (Å²) in [5.74, 6) is -0.0475. The topological polar surface area (TPSA) is 72.9 Å². The average molecular weight is 182 g/mol.